The summed E-state index contributed by atoms with van der Waals surface area (Å²) < 4.78 is 6.34. The molecule has 5 nitrogen and oxygen atoms in total. The Kier molecular flexibility index (Phi) is 6.57. The number of methoxy groups -OCH3 is 1. The number of ether oxygens (including phenoxy) is 1. The van der Waals surface area contributed by atoms with Gasteiger partial charge in [-0.1, -0.05) is 22.0 Å². The van der Waals surface area contributed by atoms with Gasteiger partial charge in [-0.15, -0.1) is 0 Å². The number of hydrogen-bond donors (Lipinski definition) is 1. The minimum Gasteiger partial charge on any atom is -0.496 e. The summed E-state index contributed by atoms with van der Waals surface area (Å²) in [5.74, 6) is 0.649. The average Bonchev–Trinajstić information content (AvgIpc) is 2.61. The second-order valence-corrected chi connectivity index (χ2v) is 6.64. The summed E-state index contributed by atoms with van der Waals surface area (Å²) in [6.07, 6.45) is 0. The van der Waals surface area contributed by atoms with E-state index in [9.17, 15) is 4.79 Å². The van der Waals surface area contributed by atoms with Crippen molar-refractivity contribution in [2.45, 2.75) is 19.5 Å². The third-order valence-corrected chi connectivity index (χ3v) is 4.46. The minimum atomic E-state index is -0.352. The molecule has 1 N–H and O–H groups in total. The third-order valence-electron chi connectivity index (χ3n) is 3.96. The molecule has 0 unspecified atom stereocenters. The number of amides is 1. The van der Waals surface area contributed by atoms with Crippen LogP contribution in [0.2, 0.25) is 0 Å². The standard InChI is InChI=1S/C19H20BrN3O2/c1-13(19(24)22-17-6-4-5-14(9-17)11-21)23(2)12-15-10-16(20)7-8-18(15)25-3/h4-10,13H,12H2,1-3H3,(H,22,24)/t13-/m1/s1. The number of anilines is 1. The second kappa shape index (κ2) is 8.65. The lowest BCUT2D eigenvalue weighted by Gasteiger charge is -2.25. The van der Waals surface area contributed by atoms with Crippen molar-refractivity contribution in [3.05, 3.63) is 58.1 Å². The van der Waals surface area contributed by atoms with Gasteiger partial charge in [-0.3, -0.25) is 9.69 Å². The van der Waals surface area contributed by atoms with Gasteiger partial charge in [-0.2, -0.15) is 5.26 Å². The Bertz CT molecular complexity index is 801. The Balaban J connectivity index is 2.06. The van der Waals surface area contributed by atoms with Gasteiger partial charge in [0.25, 0.3) is 0 Å². The summed E-state index contributed by atoms with van der Waals surface area (Å²) in [7, 11) is 3.52. The molecule has 0 spiro atoms. The number of carbonyl (C=O) groups is 1. The first kappa shape index (κ1) is 19.0. The fourth-order valence-corrected chi connectivity index (χ4v) is 2.80. The quantitative estimate of drug-likeness (QED) is 0.799. The fraction of sp³-hybridized carbons (Fsp3) is 0.263. The monoisotopic (exact) mass is 401 g/mol. The van der Waals surface area contributed by atoms with E-state index in [1.165, 1.54) is 0 Å². The van der Waals surface area contributed by atoms with Crippen LogP contribution in [0.25, 0.3) is 0 Å². The highest BCUT2D eigenvalue weighted by Gasteiger charge is 2.19. The maximum Gasteiger partial charge on any atom is 0.241 e. The minimum absolute atomic E-state index is 0.133. The molecule has 0 saturated carbocycles. The van der Waals surface area contributed by atoms with Crippen LogP contribution in [-0.2, 0) is 11.3 Å². The zero-order valence-corrected chi connectivity index (χ0v) is 16.0. The average molecular weight is 402 g/mol. The molecule has 1 amide bonds. The lowest BCUT2D eigenvalue weighted by Crippen LogP contribution is -2.39. The number of nitrogens with one attached hydrogen (secondary N) is 1. The van der Waals surface area contributed by atoms with Gasteiger partial charge < -0.3 is 10.1 Å². The van der Waals surface area contributed by atoms with E-state index in [4.69, 9.17) is 10.00 Å². The van der Waals surface area contributed by atoms with Crippen molar-refractivity contribution in [3.63, 3.8) is 0 Å². The Morgan fingerprint density at radius 3 is 2.80 bits per heavy atom. The molecular formula is C19H20BrN3O2. The summed E-state index contributed by atoms with van der Waals surface area (Å²) in [5, 5.41) is 11.8. The van der Waals surface area contributed by atoms with Gasteiger partial charge in [-0.25, -0.2) is 0 Å². The highest BCUT2D eigenvalue weighted by atomic mass is 79.9. The molecule has 0 aliphatic carbocycles. The molecule has 0 aromatic heterocycles. The largest absolute Gasteiger partial charge is 0.496 e. The normalized spacial score (nSPS) is 11.7. The van der Waals surface area contributed by atoms with Crippen molar-refractivity contribution in [1.29, 1.82) is 5.26 Å². The first-order chi connectivity index (χ1) is 11.9. The summed E-state index contributed by atoms with van der Waals surface area (Å²) in [4.78, 5) is 14.4. The second-order valence-electron chi connectivity index (χ2n) is 5.73. The van der Waals surface area contributed by atoms with Gasteiger partial charge in [0.05, 0.1) is 24.8 Å². The molecule has 0 aliphatic rings. The number of nitrogens with zero attached hydrogens (tertiary/aromatic N) is 2. The van der Waals surface area contributed by atoms with Crippen molar-refractivity contribution >= 4 is 27.5 Å². The van der Waals surface area contributed by atoms with Crippen LogP contribution in [0.1, 0.15) is 18.1 Å². The van der Waals surface area contributed by atoms with E-state index >= 15 is 0 Å². The van der Waals surface area contributed by atoms with Crippen LogP contribution in [0.15, 0.2) is 46.9 Å². The topological polar surface area (TPSA) is 65.4 Å². The molecule has 25 heavy (non-hydrogen) atoms. The molecule has 2 aromatic rings. The fourth-order valence-electron chi connectivity index (χ4n) is 2.39. The molecule has 0 aliphatic heterocycles. The van der Waals surface area contributed by atoms with E-state index in [1.807, 2.05) is 37.1 Å². The molecule has 0 saturated heterocycles. The maximum absolute atomic E-state index is 12.5. The summed E-state index contributed by atoms with van der Waals surface area (Å²) in [6.45, 7) is 2.41. The predicted molar refractivity (Wildman–Crippen MR) is 101 cm³/mol. The molecule has 0 radical (unpaired) electrons. The predicted octanol–water partition coefficient (Wildman–Crippen LogP) is 3.79. The summed E-state index contributed by atoms with van der Waals surface area (Å²) in [6, 6.07) is 14.4. The van der Waals surface area contributed by atoms with Gasteiger partial charge in [0.15, 0.2) is 0 Å². The van der Waals surface area contributed by atoms with E-state index in [2.05, 4.69) is 27.3 Å². The number of carbonyl (C=O) groups excluding carboxylic acids is 1. The van der Waals surface area contributed by atoms with E-state index in [-0.39, 0.29) is 11.9 Å². The molecule has 0 fully saturated rings. The first-order valence-corrected chi connectivity index (χ1v) is 8.57. The van der Waals surface area contributed by atoms with E-state index in [0.717, 1.165) is 15.8 Å². The molecule has 2 rings (SSSR count). The molecule has 130 valence electrons. The van der Waals surface area contributed by atoms with Crippen molar-refractivity contribution in [2.75, 3.05) is 19.5 Å². The molecule has 0 heterocycles. The van der Waals surface area contributed by atoms with Crippen LogP contribution in [0.5, 0.6) is 5.75 Å². The van der Waals surface area contributed by atoms with Gasteiger partial charge in [0.2, 0.25) is 5.91 Å². The molecule has 0 bridgehead atoms. The number of nitriles is 1. The van der Waals surface area contributed by atoms with Crippen LogP contribution in [-0.4, -0.2) is 31.0 Å². The van der Waals surface area contributed by atoms with E-state index < -0.39 is 0 Å². The highest BCUT2D eigenvalue weighted by molar-refractivity contribution is 9.10. The molecule has 6 heteroatoms. The molecule has 1 atom stereocenters. The summed E-state index contributed by atoms with van der Waals surface area (Å²) in [5.41, 5.74) is 2.12. The summed E-state index contributed by atoms with van der Waals surface area (Å²) >= 11 is 3.46. The zero-order valence-electron chi connectivity index (χ0n) is 14.4. The lowest BCUT2D eigenvalue weighted by atomic mass is 10.1. The van der Waals surface area contributed by atoms with Crippen molar-refractivity contribution in [2.24, 2.45) is 0 Å². The van der Waals surface area contributed by atoms with Gasteiger partial charge in [-0.05, 0) is 50.4 Å². The van der Waals surface area contributed by atoms with Gasteiger partial charge in [0.1, 0.15) is 5.75 Å². The molecule has 2 aromatic carbocycles. The van der Waals surface area contributed by atoms with Crippen LogP contribution in [0.4, 0.5) is 5.69 Å². The SMILES string of the molecule is COc1ccc(Br)cc1CN(C)[C@H](C)C(=O)Nc1cccc(C#N)c1. The number of halogens is 1. The number of likely N-dealkylation sites (N-methyl/N-ethyl adjacent to an activating group) is 1. The van der Waals surface area contributed by atoms with E-state index in [1.54, 1.807) is 31.4 Å². The van der Waals surface area contributed by atoms with Crippen molar-refractivity contribution in [3.8, 4) is 11.8 Å². The Labute approximate surface area is 156 Å². The van der Waals surface area contributed by atoms with E-state index in [0.29, 0.717) is 17.8 Å². The van der Waals surface area contributed by atoms with Crippen LogP contribution in [0, 0.1) is 11.3 Å². The Morgan fingerprint density at radius 2 is 2.12 bits per heavy atom. The van der Waals surface area contributed by atoms with Crippen LogP contribution < -0.4 is 10.1 Å². The smallest absolute Gasteiger partial charge is 0.241 e. The lowest BCUT2D eigenvalue weighted by molar-refractivity contribution is -0.120. The Morgan fingerprint density at radius 1 is 1.36 bits per heavy atom. The van der Waals surface area contributed by atoms with Crippen LogP contribution in [0.3, 0.4) is 0 Å². The number of hydrogen-bond acceptors (Lipinski definition) is 4. The van der Waals surface area contributed by atoms with Crippen LogP contribution >= 0.6 is 15.9 Å². The number of rotatable bonds is 6. The molecular weight excluding hydrogens is 382 g/mol. The zero-order chi connectivity index (χ0) is 18.4. The van der Waals surface area contributed by atoms with Gasteiger partial charge >= 0.3 is 0 Å². The maximum atomic E-state index is 12.5. The van der Waals surface area contributed by atoms with Gasteiger partial charge in [0, 0.05) is 22.3 Å². The first-order valence-electron chi connectivity index (χ1n) is 7.78. The third kappa shape index (κ3) is 5.05. The van der Waals surface area contributed by atoms with Crippen molar-refractivity contribution < 1.29 is 9.53 Å². The highest BCUT2D eigenvalue weighted by Crippen LogP contribution is 2.24. The Hall–Kier alpha value is -2.36. The van der Waals surface area contributed by atoms with Crippen molar-refractivity contribution in [1.82, 2.24) is 4.90 Å². The number of benzene rings is 2.